The van der Waals surface area contributed by atoms with E-state index in [1.54, 1.807) is 25.1 Å². The number of esters is 1. The minimum atomic E-state index is -0.729. The number of benzene rings is 2. The van der Waals surface area contributed by atoms with E-state index in [0.29, 0.717) is 22.6 Å². The van der Waals surface area contributed by atoms with Gasteiger partial charge in [-0.25, -0.2) is 4.79 Å². The topological polar surface area (TPSA) is 105 Å². The normalized spacial score (nSPS) is 10.5. The van der Waals surface area contributed by atoms with Crippen LogP contribution in [0.4, 0.5) is 5.69 Å². The Labute approximate surface area is 161 Å². The van der Waals surface area contributed by atoms with Crippen LogP contribution < -0.4 is 9.47 Å². The maximum absolute atomic E-state index is 12.1. The molecule has 0 saturated heterocycles. The van der Waals surface area contributed by atoms with Crippen LogP contribution in [0.15, 0.2) is 42.5 Å². The summed E-state index contributed by atoms with van der Waals surface area (Å²) in [4.78, 5) is 34.4. The number of nitrogens with zero attached hydrogens (tertiary/aromatic N) is 1. The number of carbonyl (C=O) groups excluding carboxylic acids is 2. The highest BCUT2D eigenvalue weighted by Crippen LogP contribution is 2.25. The highest BCUT2D eigenvalue weighted by Gasteiger charge is 2.16. The standard InChI is InChI=1S/C20H19NO7/c1-13-4-5-15(10-17(13)21(24)25)18(22)12-28-20(23)9-7-14-6-8-16(26-2)11-19(14)27-3/h4-11H,12H2,1-3H3/b9-7+. The second-order valence-corrected chi connectivity index (χ2v) is 5.73. The lowest BCUT2D eigenvalue weighted by molar-refractivity contribution is -0.385. The predicted octanol–water partition coefficient (Wildman–Crippen LogP) is 3.36. The van der Waals surface area contributed by atoms with E-state index in [-0.39, 0.29) is 11.3 Å². The van der Waals surface area contributed by atoms with Gasteiger partial charge in [-0.2, -0.15) is 0 Å². The molecule has 0 spiro atoms. The van der Waals surface area contributed by atoms with Gasteiger partial charge in [0.2, 0.25) is 5.78 Å². The molecule has 8 heteroatoms. The van der Waals surface area contributed by atoms with Crippen LogP contribution in [-0.4, -0.2) is 37.5 Å². The number of aryl methyl sites for hydroxylation is 1. The zero-order valence-electron chi connectivity index (χ0n) is 15.6. The summed E-state index contributed by atoms with van der Waals surface area (Å²) in [6.45, 7) is 1.05. The van der Waals surface area contributed by atoms with Crippen molar-refractivity contribution in [3.05, 3.63) is 69.3 Å². The van der Waals surface area contributed by atoms with Gasteiger partial charge < -0.3 is 14.2 Å². The van der Waals surface area contributed by atoms with Crippen LogP contribution in [0.2, 0.25) is 0 Å². The van der Waals surface area contributed by atoms with Gasteiger partial charge in [0.25, 0.3) is 5.69 Å². The maximum atomic E-state index is 12.1. The first kappa shape index (κ1) is 20.6. The Bertz CT molecular complexity index is 934. The number of ether oxygens (including phenoxy) is 3. The lowest BCUT2D eigenvalue weighted by Crippen LogP contribution is -2.13. The third-order valence-corrected chi connectivity index (χ3v) is 3.91. The van der Waals surface area contributed by atoms with Crippen molar-refractivity contribution in [1.82, 2.24) is 0 Å². The maximum Gasteiger partial charge on any atom is 0.331 e. The molecule has 2 aromatic rings. The van der Waals surface area contributed by atoms with Crippen LogP contribution in [0.5, 0.6) is 11.5 Å². The molecule has 0 aromatic heterocycles. The highest BCUT2D eigenvalue weighted by molar-refractivity contribution is 5.99. The Balaban J connectivity index is 2.01. The number of hydrogen-bond donors (Lipinski definition) is 0. The van der Waals surface area contributed by atoms with Crippen LogP contribution in [0.1, 0.15) is 21.5 Å². The third-order valence-electron chi connectivity index (χ3n) is 3.91. The summed E-state index contributed by atoms with van der Waals surface area (Å²) in [5, 5.41) is 11.0. The van der Waals surface area contributed by atoms with Crippen molar-refractivity contribution in [3.63, 3.8) is 0 Å². The number of hydrogen-bond acceptors (Lipinski definition) is 7. The molecule has 0 radical (unpaired) electrons. The molecule has 0 unspecified atom stereocenters. The first-order chi connectivity index (χ1) is 13.3. The molecule has 0 atom stereocenters. The van der Waals surface area contributed by atoms with Crippen molar-refractivity contribution in [2.24, 2.45) is 0 Å². The third kappa shape index (κ3) is 5.16. The average molecular weight is 385 g/mol. The molecule has 28 heavy (non-hydrogen) atoms. The number of ketones is 1. The Morgan fingerprint density at radius 3 is 2.50 bits per heavy atom. The zero-order chi connectivity index (χ0) is 20.7. The summed E-state index contributed by atoms with van der Waals surface area (Å²) in [5.41, 5.74) is 1.00. The minimum absolute atomic E-state index is 0.103. The van der Waals surface area contributed by atoms with E-state index in [1.165, 1.54) is 38.5 Å². The number of nitro benzene ring substituents is 1. The number of methoxy groups -OCH3 is 2. The first-order valence-corrected chi connectivity index (χ1v) is 8.20. The quantitative estimate of drug-likeness (QED) is 0.225. The molecular weight excluding hydrogens is 366 g/mol. The van der Waals surface area contributed by atoms with Crippen LogP contribution >= 0.6 is 0 Å². The summed E-state index contributed by atoms with van der Waals surface area (Å²) in [7, 11) is 3.02. The largest absolute Gasteiger partial charge is 0.497 e. The minimum Gasteiger partial charge on any atom is -0.497 e. The number of carbonyl (C=O) groups is 2. The van der Waals surface area contributed by atoms with E-state index < -0.39 is 23.3 Å². The molecule has 0 aliphatic heterocycles. The van der Waals surface area contributed by atoms with Gasteiger partial charge in [0.05, 0.1) is 19.1 Å². The van der Waals surface area contributed by atoms with Crippen LogP contribution in [0, 0.1) is 17.0 Å². The summed E-state index contributed by atoms with van der Waals surface area (Å²) in [6, 6.07) is 9.18. The molecule has 0 heterocycles. The highest BCUT2D eigenvalue weighted by atomic mass is 16.6. The lowest BCUT2D eigenvalue weighted by Gasteiger charge is -2.07. The molecule has 0 aliphatic carbocycles. The van der Waals surface area contributed by atoms with E-state index in [1.807, 2.05) is 0 Å². The smallest absolute Gasteiger partial charge is 0.331 e. The fourth-order valence-corrected chi connectivity index (χ4v) is 2.36. The Morgan fingerprint density at radius 2 is 1.86 bits per heavy atom. The fraction of sp³-hybridized carbons (Fsp3) is 0.200. The molecule has 0 fully saturated rings. The molecule has 2 rings (SSSR count). The SMILES string of the molecule is COc1ccc(/C=C/C(=O)OCC(=O)c2ccc(C)c([N+](=O)[O-])c2)c(OC)c1. The lowest BCUT2D eigenvalue weighted by atomic mass is 10.1. The van der Waals surface area contributed by atoms with Crippen molar-refractivity contribution < 1.29 is 28.7 Å². The average Bonchev–Trinajstić information content (AvgIpc) is 2.70. The van der Waals surface area contributed by atoms with Gasteiger partial charge in [0.15, 0.2) is 6.61 Å². The molecule has 2 aromatic carbocycles. The van der Waals surface area contributed by atoms with E-state index in [0.717, 1.165) is 6.08 Å². The van der Waals surface area contributed by atoms with Gasteiger partial charge in [0.1, 0.15) is 11.5 Å². The van der Waals surface area contributed by atoms with Gasteiger partial charge in [-0.3, -0.25) is 14.9 Å². The Hall–Kier alpha value is -3.68. The number of rotatable bonds is 8. The van der Waals surface area contributed by atoms with Gasteiger partial charge in [-0.05, 0) is 25.1 Å². The molecule has 0 bridgehead atoms. The van der Waals surface area contributed by atoms with E-state index in [2.05, 4.69) is 0 Å². The Kier molecular flexibility index (Phi) is 6.86. The zero-order valence-corrected chi connectivity index (χ0v) is 15.6. The van der Waals surface area contributed by atoms with Gasteiger partial charge in [-0.1, -0.05) is 12.1 Å². The van der Waals surface area contributed by atoms with Crippen LogP contribution in [-0.2, 0) is 9.53 Å². The molecule has 0 saturated carbocycles. The van der Waals surface area contributed by atoms with E-state index in [4.69, 9.17) is 14.2 Å². The summed E-state index contributed by atoms with van der Waals surface area (Å²) in [5.74, 6) is -0.152. The van der Waals surface area contributed by atoms with E-state index >= 15 is 0 Å². The molecule has 0 N–H and O–H groups in total. The molecule has 8 nitrogen and oxygen atoms in total. The predicted molar refractivity (Wildman–Crippen MR) is 102 cm³/mol. The van der Waals surface area contributed by atoms with E-state index in [9.17, 15) is 19.7 Å². The number of nitro groups is 1. The molecule has 0 aliphatic rings. The van der Waals surface area contributed by atoms with Crippen molar-refractivity contribution >= 4 is 23.5 Å². The van der Waals surface area contributed by atoms with Crippen LogP contribution in [0.3, 0.4) is 0 Å². The Morgan fingerprint density at radius 1 is 1.11 bits per heavy atom. The van der Waals surface area contributed by atoms with Crippen molar-refractivity contribution in [2.45, 2.75) is 6.92 Å². The van der Waals surface area contributed by atoms with Gasteiger partial charge in [0, 0.05) is 34.9 Å². The van der Waals surface area contributed by atoms with Gasteiger partial charge in [-0.15, -0.1) is 0 Å². The number of Topliss-reactive ketones (excluding diaryl/α,β-unsaturated/α-hetero) is 1. The second kappa shape index (κ2) is 9.31. The van der Waals surface area contributed by atoms with Crippen molar-refractivity contribution in [3.8, 4) is 11.5 Å². The van der Waals surface area contributed by atoms with Gasteiger partial charge >= 0.3 is 5.97 Å². The molecule has 146 valence electrons. The monoisotopic (exact) mass is 385 g/mol. The molecular formula is C20H19NO7. The second-order valence-electron chi connectivity index (χ2n) is 5.73. The van der Waals surface area contributed by atoms with Crippen LogP contribution in [0.25, 0.3) is 6.08 Å². The van der Waals surface area contributed by atoms with Crippen molar-refractivity contribution in [2.75, 3.05) is 20.8 Å². The van der Waals surface area contributed by atoms with Crippen molar-refractivity contribution in [1.29, 1.82) is 0 Å². The summed E-state index contributed by atoms with van der Waals surface area (Å²) >= 11 is 0. The molecule has 0 amide bonds. The summed E-state index contributed by atoms with van der Waals surface area (Å²) in [6.07, 6.45) is 2.65. The summed E-state index contributed by atoms with van der Waals surface area (Å²) < 4.78 is 15.2. The fourth-order valence-electron chi connectivity index (χ4n) is 2.36. The first-order valence-electron chi connectivity index (χ1n) is 8.20.